The molecular formula is C16H26BrNO. The van der Waals surface area contributed by atoms with Gasteiger partial charge in [-0.3, -0.25) is 0 Å². The van der Waals surface area contributed by atoms with Crippen molar-refractivity contribution in [2.45, 2.75) is 46.1 Å². The SMILES string of the molecule is CCCNC(CCC(C)C)c1ccc(Br)cc1OC. The molecule has 1 N–H and O–H groups in total. The summed E-state index contributed by atoms with van der Waals surface area (Å²) in [6.45, 7) is 7.79. The van der Waals surface area contributed by atoms with Gasteiger partial charge in [0.2, 0.25) is 0 Å². The molecular weight excluding hydrogens is 302 g/mol. The first-order valence-corrected chi connectivity index (χ1v) is 7.94. The highest BCUT2D eigenvalue weighted by atomic mass is 79.9. The van der Waals surface area contributed by atoms with Crippen molar-refractivity contribution in [1.82, 2.24) is 5.32 Å². The van der Waals surface area contributed by atoms with Crippen LogP contribution >= 0.6 is 15.9 Å². The summed E-state index contributed by atoms with van der Waals surface area (Å²) in [7, 11) is 1.74. The van der Waals surface area contributed by atoms with Gasteiger partial charge < -0.3 is 10.1 Å². The normalized spacial score (nSPS) is 12.7. The fraction of sp³-hybridized carbons (Fsp3) is 0.625. The molecule has 0 heterocycles. The zero-order valence-electron chi connectivity index (χ0n) is 12.5. The summed E-state index contributed by atoms with van der Waals surface area (Å²) in [6.07, 6.45) is 3.52. The Hall–Kier alpha value is -0.540. The molecule has 0 aliphatic rings. The Morgan fingerprint density at radius 2 is 2.00 bits per heavy atom. The van der Waals surface area contributed by atoms with Gasteiger partial charge in [-0.2, -0.15) is 0 Å². The minimum Gasteiger partial charge on any atom is -0.496 e. The van der Waals surface area contributed by atoms with Crippen molar-refractivity contribution >= 4 is 15.9 Å². The van der Waals surface area contributed by atoms with E-state index in [-0.39, 0.29) is 0 Å². The van der Waals surface area contributed by atoms with Gasteiger partial charge in [0.15, 0.2) is 0 Å². The molecule has 0 bridgehead atoms. The van der Waals surface area contributed by atoms with E-state index in [2.05, 4.69) is 54.2 Å². The van der Waals surface area contributed by atoms with Gasteiger partial charge in [0.05, 0.1) is 7.11 Å². The van der Waals surface area contributed by atoms with Crippen molar-refractivity contribution in [3.05, 3.63) is 28.2 Å². The first-order chi connectivity index (χ1) is 9.08. The second-order valence-corrected chi connectivity index (χ2v) is 6.28. The molecule has 3 heteroatoms. The van der Waals surface area contributed by atoms with Crippen LogP contribution in [-0.2, 0) is 0 Å². The van der Waals surface area contributed by atoms with E-state index in [4.69, 9.17) is 4.74 Å². The number of methoxy groups -OCH3 is 1. The fourth-order valence-electron chi connectivity index (χ4n) is 2.16. The highest BCUT2D eigenvalue weighted by Crippen LogP contribution is 2.31. The standard InChI is InChI=1S/C16H26BrNO/c1-5-10-18-15(9-6-12(2)3)14-8-7-13(17)11-16(14)19-4/h7-8,11-12,15,18H,5-6,9-10H2,1-4H3. The van der Waals surface area contributed by atoms with E-state index in [1.165, 1.54) is 12.0 Å². The van der Waals surface area contributed by atoms with Gasteiger partial charge >= 0.3 is 0 Å². The van der Waals surface area contributed by atoms with Gasteiger partial charge in [-0.25, -0.2) is 0 Å². The number of hydrogen-bond acceptors (Lipinski definition) is 2. The Balaban J connectivity index is 2.88. The maximum Gasteiger partial charge on any atom is 0.124 e. The zero-order chi connectivity index (χ0) is 14.3. The molecule has 19 heavy (non-hydrogen) atoms. The molecule has 1 aromatic rings. The summed E-state index contributed by atoms with van der Waals surface area (Å²) in [5, 5.41) is 3.64. The molecule has 0 aliphatic carbocycles. The second kappa shape index (κ2) is 8.60. The molecule has 0 saturated heterocycles. The predicted molar refractivity (Wildman–Crippen MR) is 85.8 cm³/mol. The molecule has 1 unspecified atom stereocenters. The van der Waals surface area contributed by atoms with Crippen molar-refractivity contribution in [2.24, 2.45) is 5.92 Å². The molecule has 1 atom stereocenters. The largest absolute Gasteiger partial charge is 0.496 e. The van der Waals surface area contributed by atoms with Crippen molar-refractivity contribution in [3.8, 4) is 5.75 Å². The Morgan fingerprint density at radius 3 is 2.58 bits per heavy atom. The van der Waals surface area contributed by atoms with Gasteiger partial charge in [0.1, 0.15) is 5.75 Å². The number of benzene rings is 1. The highest BCUT2D eigenvalue weighted by Gasteiger charge is 2.16. The van der Waals surface area contributed by atoms with Crippen LogP contribution in [0.4, 0.5) is 0 Å². The molecule has 0 spiro atoms. The van der Waals surface area contributed by atoms with Crippen LogP contribution in [0.1, 0.15) is 51.6 Å². The maximum atomic E-state index is 5.52. The number of ether oxygens (including phenoxy) is 1. The van der Waals surface area contributed by atoms with E-state index >= 15 is 0 Å². The van der Waals surface area contributed by atoms with Crippen molar-refractivity contribution in [1.29, 1.82) is 0 Å². The minimum atomic E-state index is 0.380. The van der Waals surface area contributed by atoms with E-state index < -0.39 is 0 Å². The summed E-state index contributed by atoms with van der Waals surface area (Å²) < 4.78 is 6.59. The van der Waals surface area contributed by atoms with Crippen molar-refractivity contribution in [2.75, 3.05) is 13.7 Å². The third-order valence-electron chi connectivity index (χ3n) is 3.24. The predicted octanol–water partition coefficient (Wildman–Crippen LogP) is 4.93. The number of hydrogen-bond donors (Lipinski definition) is 1. The highest BCUT2D eigenvalue weighted by molar-refractivity contribution is 9.10. The molecule has 2 nitrogen and oxygen atoms in total. The smallest absolute Gasteiger partial charge is 0.124 e. The molecule has 1 rings (SSSR count). The molecule has 108 valence electrons. The summed E-state index contributed by atoms with van der Waals surface area (Å²) in [5.74, 6) is 1.69. The van der Waals surface area contributed by atoms with Crippen molar-refractivity contribution in [3.63, 3.8) is 0 Å². The number of halogens is 1. The molecule has 0 saturated carbocycles. The van der Waals surface area contributed by atoms with E-state index in [0.29, 0.717) is 6.04 Å². The lowest BCUT2D eigenvalue weighted by atomic mass is 9.97. The lowest BCUT2D eigenvalue weighted by Crippen LogP contribution is -2.23. The lowest BCUT2D eigenvalue weighted by molar-refractivity contribution is 0.385. The molecule has 0 aromatic heterocycles. The maximum absolute atomic E-state index is 5.52. The Morgan fingerprint density at radius 1 is 1.26 bits per heavy atom. The Bertz CT molecular complexity index is 379. The lowest BCUT2D eigenvalue weighted by Gasteiger charge is -2.22. The number of nitrogens with one attached hydrogen (secondary N) is 1. The van der Waals surface area contributed by atoms with Gasteiger partial charge in [0.25, 0.3) is 0 Å². The van der Waals surface area contributed by atoms with Crippen LogP contribution < -0.4 is 10.1 Å². The monoisotopic (exact) mass is 327 g/mol. The fourth-order valence-corrected chi connectivity index (χ4v) is 2.50. The summed E-state index contributed by atoms with van der Waals surface area (Å²) in [4.78, 5) is 0. The van der Waals surface area contributed by atoms with Crippen LogP contribution in [0, 0.1) is 5.92 Å². The molecule has 1 aromatic carbocycles. The topological polar surface area (TPSA) is 21.3 Å². The first-order valence-electron chi connectivity index (χ1n) is 7.15. The van der Waals surface area contributed by atoms with Crippen molar-refractivity contribution < 1.29 is 4.74 Å². The third-order valence-corrected chi connectivity index (χ3v) is 3.74. The molecule has 0 amide bonds. The van der Waals surface area contributed by atoms with Gasteiger partial charge in [-0.1, -0.05) is 42.8 Å². The average Bonchev–Trinajstić information content (AvgIpc) is 2.39. The van der Waals surface area contributed by atoms with E-state index in [9.17, 15) is 0 Å². The average molecular weight is 328 g/mol. The minimum absolute atomic E-state index is 0.380. The zero-order valence-corrected chi connectivity index (χ0v) is 14.1. The summed E-state index contributed by atoms with van der Waals surface area (Å²) in [6, 6.07) is 6.68. The van der Waals surface area contributed by atoms with E-state index in [1.54, 1.807) is 7.11 Å². The summed E-state index contributed by atoms with van der Waals surface area (Å²) >= 11 is 3.50. The number of rotatable bonds is 8. The van der Waals surface area contributed by atoms with Gasteiger partial charge in [-0.15, -0.1) is 0 Å². The molecule has 0 aliphatic heterocycles. The van der Waals surface area contributed by atoms with Gasteiger partial charge in [-0.05, 0) is 43.9 Å². The van der Waals surface area contributed by atoms with Crippen LogP contribution in [0.3, 0.4) is 0 Å². The third kappa shape index (κ3) is 5.53. The van der Waals surface area contributed by atoms with E-state index in [0.717, 1.165) is 35.5 Å². The van der Waals surface area contributed by atoms with Crippen LogP contribution in [0.2, 0.25) is 0 Å². The van der Waals surface area contributed by atoms with Crippen LogP contribution in [0.15, 0.2) is 22.7 Å². The Labute approximate surface area is 126 Å². The van der Waals surface area contributed by atoms with Gasteiger partial charge in [0, 0.05) is 16.1 Å². The van der Waals surface area contributed by atoms with Crippen LogP contribution in [0.25, 0.3) is 0 Å². The van der Waals surface area contributed by atoms with Crippen LogP contribution in [-0.4, -0.2) is 13.7 Å². The first kappa shape index (κ1) is 16.5. The van der Waals surface area contributed by atoms with Crippen LogP contribution in [0.5, 0.6) is 5.75 Å². The second-order valence-electron chi connectivity index (χ2n) is 5.36. The summed E-state index contributed by atoms with van der Waals surface area (Å²) in [5.41, 5.74) is 1.26. The van der Waals surface area contributed by atoms with E-state index in [1.807, 2.05) is 6.07 Å². The quantitative estimate of drug-likeness (QED) is 0.730. The molecule has 0 fully saturated rings. The molecule has 0 radical (unpaired) electrons. The Kier molecular flexibility index (Phi) is 7.47.